The molecule has 1 atom stereocenters. The Morgan fingerprint density at radius 1 is 1.13 bits per heavy atom. The molecule has 1 aliphatic heterocycles. The van der Waals surface area contributed by atoms with Gasteiger partial charge in [-0.15, -0.1) is 0 Å². The minimum absolute atomic E-state index is 0.0112. The van der Waals surface area contributed by atoms with Crippen LogP contribution in [0.3, 0.4) is 0 Å². The number of amides is 2. The van der Waals surface area contributed by atoms with Crippen molar-refractivity contribution >= 4 is 23.2 Å². The predicted octanol–water partition coefficient (Wildman–Crippen LogP) is 3.30. The van der Waals surface area contributed by atoms with E-state index in [4.69, 9.17) is 9.47 Å². The third-order valence-electron chi connectivity index (χ3n) is 6.00. The Balaban J connectivity index is 1.44. The number of pyridine rings is 1. The van der Waals surface area contributed by atoms with E-state index >= 15 is 0 Å². The molecule has 0 aliphatic carbocycles. The first-order chi connectivity index (χ1) is 18.5. The van der Waals surface area contributed by atoms with Gasteiger partial charge >= 0.3 is 6.18 Å². The molecule has 0 spiro atoms. The van der Waals surface area contributed by atoms with Gasteiger partial charge in [0.15, 0.2) is 0 Å². The first kappa shape index (κ1) is 27.7. The SMILES string of the molecule is COc1ccc(Nc2cnc(CNC(=O)C3(NC(=O)c4cnc(C)nc4)CCOC3)c(F)c2)c(C(F)(F)F)c1. The summed E-state index contributed by atoms with van der Waals surface area (Å²) >= 11 is 0. The summed E-state index contributed by atoms with van der Waals surface area (Å²) in [6.45, 7) is 1.44. The number of aromatic nitrogens is 3. The Morgan fingerprint density at radius 2 is 1.87 bits per heavy atom. The summed E-state index contributed by atoms with van der Waals surface area (Å²) in [6.07, 6.45) is -0.702. The van der Waals surface area contributed by atoms with E-state index in [-0.39, 0.29) is 54.6 Å². The van der Waals surface area contributed by atoms with E-state index in [2.05, 4.69) is 30.9 Å². The van der Waals surface area contributed by atoms with Crippen molar-refractivity contribution in [2.45, 2.75) is 31.6 Å². The van der Waals surface area contributed by atoms with Crippen LogP contribution < -0.4 is 20.7 Å². The van der Waals surface area contributed by atoms with Gasteiger partial charge in [0.1, 0.15) is 22.9 Å². The average Bonchev–Trinajstić information content (AvgIpc) is 3.37. The number of methoxy groups -OCH3 is 1. The number of carbonyl (C=O) groups excluding carboxylic acids is 2. The van der Waals surface area contributed by atoms with Gasteiger partial charge in [0.05, 0.1) is 54.7 Å². The fraction of sp³-hybridized carbons (Fsp3) is 0.320. The third-order valence-corrected chi connectivity index (χ3v) is 6.00. The van der Waals surface area contributed by atoms with Crippen LogP contribution in [0.15, 0.2) is 42.9 Å². The van der Waals surface area contributed by atoms with Crippen LogP contribution in [-0.2, 0) is 22.3 Å². The molecule has 10 nitrogen and oxygen atoms in total. The molecule has 1 aliphatic rings. The zero-order chi connectivity index (χ0) is 28.2. The highest BCUT2D eigenvalue weighted by molar-refractivity contribution is 5.99. The molecule has 0 bridgehead atoms. The van der Waals surface area contributed by atoms with Crippen molar-refractivity contribution in [2.75, 3.05) is 25.6 Å². The highest BCUT2D eigenvalue weighted by Crippen LogP contribution is 2.38. The summed E-state index contributed by atoms with van der Waals surface area (Å²) in [5.74, 6) is -1.56. The lowest BCUT2D eigenvalue weighted by Gasteiger charge is -2.27. The molecule has 1 saturated heterocycles. The number of alkyl halides is 3. The molecular formula is C25H24F4N6O4. The Hall–Kier alpha value is -4.33. The van der Waals surface area contributed by atoms with Crippen molar-refractivity contribution in [3.63, 3.8) is 0 Å². The minimum Gasteiger partial charge on any atom is -0.497 e. The van der Waals surface area contributed by atoms with Crippen LogP contribution in [-0.4, -0.2) is 52.6 Å². The van der Waals surface area contributed by atoms with Gasteiger partial charge in [-0.05, 0) is 25.1 Å². The first-order valence-electron chi connectivity index (χ1n) is 11.6. The Kier molecular flexibility index (Phi) is 7.95. The van der Waals surface area contributed by atoms with Crippen molar-refractivity contribution in [1.82, 2.24) is 25.6 Å². The van der Waals surface area contributed by atoms with Crippen LogP contribution in [0.2, 0.25) is 0 Å². The number of nitrogens with one attached hydrogen (secondary N) is 3. The van der Waals surface area contributed by atoms with E-state index in [1.807, 2.05) is 0 Å². The molecule has 0 saturated carbocycles. The standard InChI is InChI=1S/C25H24F4N6O4/c1-14-30-9-15(10-31-14)22(36)35-24(5-6-39-13-24)23(37)33-12-21-19(26)7-16(11-32-21)34-20-4-3-17(38-2)8-18(20)25(27,28)29/h3-4,7-11,34H,5-6,12-13H2,1-2H3,(H,33,37)(H,35,36). The summed E-state index contributed by atoms with van der Waals surface area (Å²) in [6, 6.07) is 4.28. The van der Waals surface area contributed by atoms with Gasteiger partial charge in [-0.1, -0.05) is 0 Å². The Bertz CT molecular complexity index is 1360. The van der Waals surface area contributed by atoms with Gasteiger partial charge in [-0.2, -0.15) is 13.2 Å². The summed E-state index contributed by atoms with van der Waals surface area (Å²) in [7, 11) is 1.24. The maximum atomic E-state index is 14.8. The van der Waals surface area contributed by atoms with E-state index in [0.29, 0.717) is 5.82 Å². The third kappa shape index (κ3) is 6.39. The van der Waals surface area contributed by atoms with E-state index < -0.39 is 34.9 Å². The molecule has 14 heteroatoms. The van der Waals surface area contributed by atoms with Gasteiger partial charge in [-0.3, -0.25) is 14.6 Å². The summed E-state index contributed by atoms with van der Waals surface area (Å²) in [5, 5.41) is 7.72. The zero-order valence-electron chi connectivity index (χ0n) is 20.9. The lowest BCUT2D eigenvalue weighted by atomic mass is 9.96. The number of anilines is 2. The monoisotopic (exact) mass is 548 g/mol. The highest BCUT2D eigenvalue weighted by atomic mass is 19.4. The maximum Gasteiger partial charge on any atom is 0.418 e. The smallest absolute Gasteiger partial charge is 0.418 e. The normalized spacial score (nSPS) is 17.0. The number of hydrogen-bond acceptors (Lipinski definition) is 8. The molecule has 3 heterocycles. The molecule has 3 N–H and O–H groups in total. The number of rotatable bonds is 8. The van der Waals surface area contributed by atoms with Gasteiger partial charge in [0, 0.05) is 31.5 Å². The first-order valence-corrected chi connectivity index (χ1v) is 11.6. The van der Waals surface area contributed by atoms with Gasteiger partial charge in [-0.25, -0.2) is 14.4 Å². The molecule has 4 rings (SSSR count). The summed E-state index contributed by atoms with van der Waals surface area (Å²) in [4.78, 5) is 37.6. The quantitative estimate of drug-likeness (QED) is 0.366. The number of aryl methyl sites for hydroxylation is 1. The predicted molar refractivity (Wildman–Crippen MR) is 130 cm³/mol. The number of nitrogens with zero attached hydrogens (tertiary/aromatic N) is 3. The molecule has 3 aromatic rings. The average molecular weight is 548 g/mol. The van der Waals surface area contributed by atoms with Gasteiger partial charge in [0.25, 0.3) is 5.91 Å². The molecule has 2 aromatic heterocycles. The molecule has 206 valence electrons. The van der Waals surface area contributed by atoms with Crippen LogP contribution in [0.25, 0.3) is 0 Å². The van der Waals surface area contributed by atoms with Crippen molar-refractivity contribution in [2.24, 2.45) is 0 Å². The largest absolute Gasteiger partial charge is 0.497 e. The van der Waals surface area contributed by atoms with Crippen molar-refractivity contribution in [3.8, 4) is 5.75 Å². The molecule has 0 radical (unpaired) electrons. The van der Waals surface area contributed by atoms with Crippen molar-refractivity contribution < 1.29 is 36.6 Å². The number of ether oxygens (including phenoxy) is 2. The van der Waals surface area contributed by atoms with E-state index in [0.717, 1.165) is 24.4 Å². The fourth-order valence-electron chi connectivity index (χ4n) is 3.85. The summed E-state index contributed by atoms with van der Waals surface area (Å²) in [5.41, 5.74) is -2.76. The van der Waals surface area contributed by atoms with Crippen molar-refractivity contribution in [1.29, 1.82) is 0 Å². The number of carbonyl (C=O) groups is 2. The summed E-state index contributed by atoms with van der Waals surface area (Å²) < 4.78 is 65.4. The highest BCUT2D eigenvalue weighted by Gasteiger charge is 2.44. The second kappa shape index (κ2) is 11.2. The van der Waals surface area contributed by atoms with Crippen molar-refractivity contribution in [3.05, 3.63) is 71.3 Å². The van der Waals surface area contributed by atoms with E-state index in [1.54, 1.807) is 6.92 Å². The van der Waals surface area contributed by atoms with Gasteiger partial charge in [0.2, 0.25) is 5.91 Å². The Morgan fingerprint density at radius 3 is 2.49 bits per heavy atom. The molecule has 39 heavy (non-hydrogen) atoms. The number of hydrogen-bond donors (Lipinski definition) is 3. The van der Waals surface area contributed by atoms with Crippen LogP contribution >= 0.6 is 0 Å². The molecule has 1 fully saturated rings. The minimum atomic E-state index is -4.69. The second-order valence-electron chi connectivity index (χ2n) is 8.73. The topological polar surface area (TPSA) is 127 Å². The fourth-order valence-corrected chi connectivity index (χ4v) is 3.85. The van der Waals surface area contributed by atoms with Gasteiger partial charge < -0.3 is 25.4 Å². The Labute approximate surface area is 220 Å². The van der Waals surface area contributed by atoms with Crippen LogP contribution in [0.4, 0.5) is 28.9 Å². The molecule has 1 unspecified atom stereocenters. The zero-order valence-corrected chi connectivity index (χ0v) is 20.9. The molecule has 1 aromatic carbocycles. The van der Waals surface area contributed by atoms with E-state index in [9.17, 15) is 27.2 Å². The lowest BCUT2D eigenvalue weighted by molar-refractivity contribution is -0.137. The number of benzene rings is 1. The van der Waals surface area contributed by atoms with Crippen LogP contribution in [0.5, 0.6) is 5.75 Å². The van der Waals surface area contributed by atoms with Crippen LogP contribution in [0.1, 0.15) is 33.9 Å². The van der Waals surface area contributed by atoms with E-state index in [1.165, 1.54) is 25.6 Å². The van der Waals surface area contributed by atoms with Crippen LogP contribution in [0, 0.1) is 12.7 Å². The lowest BCUT2D eigenvalue weighted by Crippen LogP contribution is -2.59. The maximum absolute atomic E-state index is 14.8. The number of halogens is 4. The second-order valence-corrected chi connectivity index (χ2v) is 8.73. The molecule has 2 amide bonds. The molecular weight excluding hydrogens is 524 g/mol.